The van der Waals surface area contributed by atoms with Crippen LogP contribution in [0.3, 0.4) is 0 Å². The summed E-state index contributed by atoms with van der Waals surface area (Å²) < 4.78 is 0. The highest BCUT2D eigenvalue weighted by Crippen LogP contribution is 2.24. The third-order valence-electron chi connectivity index (χ3n) is 4.43. The molecule has 4 nitrogen and oxygen atoms in total. The van der Waals surface area contributed by atoms with Crippen molar-refractivity contribution in [1.29, 1.82) is 0 Å². The van der Waals surface area contributed by atoms with Crippen molar-refractivity contribution in [1.82, 2.24) is 10.6 Å². The maximum Gasteiger partial charge on any atom is 0.237 e. The zero-order valence-corrected chi connectivity index (χ0v) is 11.3. The standard InChI is InChI=1S/C14H26N2O2/c1-10-6-7-15-13(8-10)14(18)16-12-4-2-11(9-17)3-5-12/h10-13,15,17H,2-9H2,1H3,(H,16,18). The first-order chi connectivity index (χ1) is 8.69. The topological polar surface area (TPSA) is 61.4 Å². The van der Waals surface area contributed by atoms with E-state index in [0.717, 1.165) is 38.6 Å². The fourth-order valence-corrected chi connectivity index (χ4v) is 3.10. The van der Waals surface area contributed by atoms with Gasteiger partial charge in [0.05, 0.1) is 6.04 Å². The number of aliphatic hydroxyl groups is 1. The lowest BCUT2D eigenvalue weighted by Crippen LogP contribution is -2.51. The molecule has 2 atom stereocenters. The molecule has 18 heavy (non-hydrogen) atoms. The number of carbonyl (C=O) groups excluding carboxylic acids is 1. The number of piperidine rings is 1. The van der Waals surface area contributed by atoms with Crippen LogP contribution in [-0.4, -0.2) is 36.2 Å². The van der Waals surface area contributed by atoms with Gasteiger partial charge in [0.2, 0.25) is 5.91 Å². The van der Waals surface area contributed by atoms with Crippen LogP contribution in [0.15, 0.2) is 0 Å². The summed E-state index contributed by atoms with van der Waals surface area (Å²) >= 11 is 0. The Hall–Kier alpha value is -0.610. The summed E-state index contributed by atoms with van der Waals surface area (Å²) in [6.45, 7) is 3.46. The van der Waals surface area contributed by atoms with E-state index in [1.807, 2.05) is 0 Å². The van der Waals surface area contributed by atoms with Crippen molar-refractivity contribution in [2.24, 2.45) is 11.8 Å². The highest BCUT2D eigenvalue weighted by Gasteiger charge is 2.27. The summed E-state index contributed by atoms with van der Waals surface area (Å²) in [5.41, 5.74) is 0. The second kappa shape index (κ2) is 6.53. The molecule has 2 aliphatic rings. The molecule has 0 radical (unpaired) electrons. The molecule has 2 rings (SSSR count). The number of amides is 1. The molecule has 1 aliphatic carbocycles. The quantitative estimate of drug-likeness (QED) is 0.705. The number of hydrogen-bond donors (Lipinski definition) is 3. The zero-order valence-electron chi connectivity index (χ0n) is 11.3. The largest absolute Gasteiger partial charge is 0.396 e. The van der Waals surface area contributed by atoms with E-state index in [9.17, 15) is 4.79 Å². The van der Waals surface area contributed by atoms with Gasteiger partial charge < -0.3 is 15.7 Å². The fraction of sp³-hybridized carbons (Fsp3) is 0.929. The van der Waals surface area contributed by atoms with Gasteiger partial charge in [-0.1, -0.05) is 6.92 Å². The molecule has 3 N–H and O–H groups in total. The normalized spacial score (nSPS) is 37.2. The van der Waals surface area contributed by atoms with Gasteiger partial charge in [0.25, 0.3) is 0 Å². The molecule has 1 aliphatic heterocycles. The summed E-state index contributed by atoms with van der Waals surface area (Å²) in [6, 6.07) is 0.323. The predicted molar refractivity (Wildman–Crippen MR) is 71.2 cm³/mol. The van der Waals surface area contributed by atoms with Crippen molar-refractivity contribution in [3.05, 3.63) is 0 Å². The molecule has 1 heterocycles. The SMILES string of the molecule is CC1CCNC(C(=O)NC2CCC(CO)CC2)C1. The van der Waals surface area contributed by atoms with E-state index in [-0.39, 0.29) is 11.9 Å². The Morgan fingerprint density at radius 3 is 2.61 bits per heavy atom. The first-order valence-electron chi connectivity index (χ1n) is 7.33. The van der Waals surface area contributed by atoms with Crippen LogP contribution in [0.2, 0.25) is 0 Å². The van der Waals surface area contributed by atoms with Crippen LogP contribution in [0.25, 0.3) is 0 Å². The predicted octanol–water partition coefficient (Wildman–Crippen LogP) is 1.04. The van der Waals surface area contributed by atoms with Crippen LogP contribution in [0.4, 0.5) is 0 Å². The van der Waals surface area contributed by atoms with Crippen LogP contribution in [0, 0.1) is 11.8 Å². The van der Waals surface area contributed by atoms with E-state index in [1.54, 1.807) is 0 Å². The van der Waals surface area contributed by atoms with E-state index in [1.165, 1.54) is 6.42 Å². The minimum absolute atomic E-state index is 0.00400. The molecule has 4 heteroatoms. The Kier molecular flexibility index (Phi) is 5.01. The third kappa shape index (κ3) is 3.69. The second-order valence-corrected chi connectivity index (χ2v) is 6.05. The smallest absolute Gasteiger partial charge is 0.237 e. The molecule has 0 bridgehead atoms. The van der Waals surface area contributed by atoms with Crippen molar-refractivity contribution in [3.63, 3.8) is 0 Å². The minimum Gasteiger partial charge on any atom is -0.396 e. The molecular weight excluding hydrogens is 228 g/mol. The molecule has 1 saturated carbocycles. The van der Waals surface area contributed by atoms with Crippen LogP contribution >= 0.6 is 0 Å². The van der Waals surface area contributed by atoms with Gasteiger partial charge in [-0.3, -0.25) is 4.79 Å². The maximum atomic E-state index is 12.1. The molecule has 0 aromatic rings. The number of nitrogens with one attached hydrogen (secondary N) is 2. The Balaban J connectivity index is 1.74. The van der Waals surface area contributed by atoms with Crippen molar-refractivity contribution >= 4 is 5.91 Å². The molecule has 104 valence electrons. The van der Waals surface area contributed by atoms with Crippen LogP contribution in [0.5, 0.6) is 0 Å². The van der Waals surface area contributed by atoms with E-state index >= 15 is 0 Å². The minimum atomic E-state index is 0.00400. The lowest BCUT2D eigenvalue weighted by Gasteiger charge is -2.32. The first kappa shape index (κ1) is 13.8. The number of aliphatic hydroxyl groups excluding tert-OH is 1. The van der Waals surface area contributed by atoms with E-state index in [4.69, 9.17) is 5.11 Å². The molecule has 0 spiro atoms. The average Bonchev–Trinajstić information content (AvgIpc) is 2.39. The monoisotopic (exact) mass is 254 g/mol. The fourth-order valence-electron chi connectivity index (χ4n) is 3.10. The van der Waals surface area contributed by atoms with Gasteiger partial charge in [-0.15, -0.1) is 0 Å². The molecule has 2 fully saturated rings. The van der Waals surface area contributed by atoms with Gasteiger partial charge in [0, 0.05) is 12.6 Å². The molecule has 2 unspecified atom stereocenters. The van der Waals surface area contributed by atoms with Gasteiger partial charge in [0.1, 0.15) is 0 Å². The van der Waals surface area contributed by atoms with Crippen LogP contribution in [-0.2, 0) is 4.79 Å². The summed E-state index contributed by atoms with van der Waals surface area (Å²) in [5.74, 6) is 1.27. The molecular formula is C14H26N2O2. The van der Waals surface area contributed by atoms with Crippen molar-refractivity contribution < 1.29 is 9.90 Å². The Morgan fingerprint density at radius 1 is 1.28 bits per heavy atom. The molecule has 1 amide bonds. The maximum absolute atomic E-state index is 12.1. The van der Waals surface area contributed by atoms with E-state index in [2.05, 4.69) is 17.6 Å². The van der Waals surface area contributed by atoms with Gasteiger partial charge in [-0.2, -0.15) is 0 Å². The molecule has 0 aromatic carbocycles. The lowest BCUT2D eigenvalue weighted by molar-refractivity contribution is -0.125. The number of hydrogen-bond acceptors (Lipinski definition) is 3. The van der Waals surface area contributed by atoms with E-state index < -0.39 is 0 Å². The number of carbonyl (C=O) groups is 1. The number of rotatable bonds is 3. The summed E-state index contributed by atoms with van der Waals surface area (Å²) in [5, 5.41) is 15.6. The molecule has 1 saturated heterocycles. The zero-order chi connectivity index (χ0) is 13.0. The third-order valence-corrected chi connectivity index (χ3v) is 4.43. The lowest BCUT2D eigenvalue weighted by atomic mass is 9.86. The first-order valence-corrected chi connectivity index (χ1v) is 7.33. The van der Waals surface area contributed by atoms with E-state index in [0.29, 0.717) is 24.5 Å². The highest BCUT2D eigenvalue weighted by molar-refractivity contribution is 5.82. The average molecular weight is 254 g/mol. The highest BCUT2D eigenvalue weighted by atomic mass is 16.3. The second-order valence-electron chi connectivity index (χ2n) is 6.05. The Bertz CT molecular complexity index is 275. The van der Waals surface area contributed by atoms with Gasteiger partial charge >= 0.3 is 0 Å². The van der Waals surface area contributed by atoms with Crippen molar-refractivity contribution in [3.8, 4) is 0 Å². The molecule has 0 aromatic heterocycles. The van der Waals surface area contributed by atoms with Gasteiger partial charge in [0.15, 0.2) is 0 Å². The van der Waals surface area contributed by atoms with Crippen LogP contribution < -0.4 is 10.6 Å². The summed E-state index contributed by atoms with van der Waals surface area (Å²) in [4.78, 5) is 12.1. The van der Waals surface area contributed by atoms with Crippen LogP contribution in [0.1, 0.15) is 45.4 Å². The van der Waals surface area contributed by atoms with Gasteiger partial charge in [-0.05, 0) is 56.9 Å². The summed E-state index contributed by atoms with van der Waals surface area (Å²) in [6.07, 6.45) is 6.23. The van der Waals surface area contributed by atoms with Crippen molar-refractivity contribution in [2.75, 3.05) is 13.2 Å². The van der Waals surface area contributed by atoms with Crippen molar-refractivity contribution in [2.45, 2.75) is 57.5 Å². The Morgan fingerprint density at radius 2 is 2.00 bits per heavy atom. The summed E-state index contributed by atoms with van der Waals surface area (Å²) in [7, 11) is 0. The van der Waals surface area contributed by atoms with Gasteiger partial charge in [-0.25, -0.2) is 0 Å². The Labute approximate surface area is 110 Å².